The number of thioether (sulfide) groups is 1. The van der Waals surface area contributed by atoms with Gasteiger partial charge < -0.3 is 20.1 Å². The smallest absolute Gasteiger partial charge is 0.327 e. The molecule has 2 amide bonds. The molecule has 0 spiro atoms. The monoisotopic (exact) mass is 276 g/mol. The van der Waals surface area contributed by atoms with E-state index in [-0.39, 0.29) is 11.9 Å². The maximum Gasteiger partial charge on any atom is 0.327 e. The highest BCUT2D eigenvalue weighted by molar-refractivity contribution is 7.99. The van der Waals surface area contributed by atoms with Crippen molar-refractivity contribution >= 4 is 23.8 Å². The topological polar surface area (TPSA) is 78.9 Å². The molecular weight excluding hydrogens is 256 g/mol. The maximum absolute atomic E-state index is 11.9. The zero-order chi connectivity index (χ0) is 13.5. The van der Waals surface area contributed by atoms with Gasteiger partial charge in [0.2, 0.25) is 0 Å². The third-order valence-corrected chi connectivity index (χ3v) is 3.75. The zero-order valence-electron chi connectivity index (χ0n) is 10.7. The average molecular weight is 276 g/mol. The Kier molecular flexibility index (Phi) is 6.28. The van der Waals surface area contributed by atoms with Gasteiger partial charge in [0, 0.05) is 31.7 Å². The third-order valence-electron chi connectivity index (χ3n) is 2.73. The van der Waals surface area contributed by atoms with E-state index in [1.165, 1.54) is 4.90 Å². The number of nitrogens with zero attached hydrogens (tertiary/aromatic N) is 1. The third kappa shape index (κ3) is 4.38. The molecule has 0 saturated carbocycles. The Balaban J connectivity index is 2.45. The van der Waals surface area contributed by atoms with Crippen LogP contribution in [0, 0.1) is 5.92 Å². The van der Waals surface area contributed by atoms with E-state index in [0.29, 0.717) is 25.4 Å². The fourth-order valence-corrected chi connectivity index (χ4v) is 2.80. The quantitative estimate of drug-likeness (QED) is 0.763. The number of carbonyl (C=O) groups is 2. The molecule has 0 bridgehead atoms. The Bertz CT molecular complexity index is 301. The number of hydrogen-bond acceptors (Lipinski definition) is 4. The van der Waals surface area contributed by atoms with E-state index in [4.69, 9.17) is 9.84 Å². The highest BCUT2D eigenvalue weighted by atomic mass is 32.2. The SMILES string of the molecule is COCC(C)CNC(=O)N1CCSCC1C(=O)O. The first-order chi connectivity index (χ1) is 8.56. The Morgan fingerprint density at radius 3 is 2.94 bits per heavy atom. The lowest BCUT2D eigenvalue weighted by atomic mass is 10.2. The van der Waals surface area contributed by atoms with Crippen LogP contribution < -0.4 is 5.32 Å². The molecule has 104 valence electrons. The molecule has 0 radical (unpaired) electrons. The van der Waals surface area contributed by atoms with Gasteiger partial charge in [-0.05, 0) is 5.92 Å². The number of carboxylic acid groups (broad SMARTS) is 1. The first kappa shape index (κ1) is 15.1. The number of rotatable bonds is 5. The number of hydrogen-bond donors (Lipinski definition) is 2. The Hall–Kier alpha value is -0.950. The summed E-state index contributed by atoms with van der Waals surface area (Å²) in [5.74, 6) is 0.505. The molecule has 2 atom stereocenters. The average Bonchev–Trinajstić information content (AvgIpc) is 2.36. The standard InChI is InChI=1S/C11H20N2O4S/c1-8(6-17-2)5-12-11(16)13-3-4-18-7-9(13)10(14)15/h8-9H,3-7H2,1-2H3,(H,12,16)(H,14,15). The lowest BCUT2D eigenvalue weighted by Gasteiger charge is -2.32. The van der Waals surface area contributed by atoms with Crippen LogP contribution in [0.3, 0.4) is 0 Å². The Labute approximate surface area is 111 Å². The summed E-state index contributed by atoms with van der Waals surface area (Å²) in [6.07, 6.45) is 0. The van der Waals surface area contributed by atoms with Gasteiger partial charge in [0.25, 0.3) is 0 Å². The van der Waals surface area contributed by atoms with Gasteiger partial charge in [0.1, 0.15) is 6.04 Å². The van der Waals surface area contributed by atoms with Crippen LogP contribution in [0.25, 0.3) is 0 Å². The second-order valence-corrected chi connectivity index (χ2v) is 5.52. The predicted molar refractivity (Wildman–Crippen MR) is 69.9 cm³/mol. The number of carboxylic acids is 1. The molecule has 7 heteroatoms. The van der Waals surface area contributed by atoms with Crippen molar-refractivity contribution in [1.82, 2.24) is 10.2 Å². The number of carbonyl (C=O) groups excluding carboxylic acids is 1. The highest BCUT2D eigenvalue weighted by Gasteiger charge is 2.32. The van der Waals surface area contributed by atoms with E-state index < -0.39 is 12.0 Å². The normalized spacial score (nSPS) is 21.4. The highest BCUT2D eigenvalue weighted by Crippen LogP contribution is 2.16. The van der Waals surface area contributed by atoms with Crippen LogP contribution in [0.2, 0.25) is 0 Å². The summed E-state index contributed by atoms with van der Waals surface area (Å²) in [5, 5.41) is 11.8. The fourth-order valence-electron chi connectivity index (χ4n) is 1.76. The Morgan fingerprint density at radius 1 is 1.61 bits per heavy atom. The number of methoxy groups -OCH3 is 1. The lowest BCUT2D eigenvalue weighted by molar-refractivity contribution is -0.141. The van der Waals surface area contributed by atoms with Crippen molar-refractivity contribution < 1.29 is 19.4 Å². The van der Waals surface area contributed by atoms with Crippen molar-refractivity contribution in [2.75, 3.05) is 38.3 Å². The number of ether oxygens (including phenoxy) is 1. The van der Waals surface area contributed by atoms with Gasteiger partial charge in [0.15, 0.2) is 0 Å². The van der Waals surface area contributed by atoms with E-state index in [2.05, 4.69) is 5.32 Å². The molecule has 0 aromatic carbocycles. The molecule has 0 aromatic heterocycles. The van der Waals surface area contributed by atoms with E-state index in [1.54, 1.807) is 18.9 Å². The first-order valence-electron chi connectivity index (χ1n) is 5.90. The van der Waals surface area contributed by atoms with Crippen LogP contribution >= 0.6 is 11.8 Å². The molecule has 2 unspecified atom stereocenters. The number of amides is 2. The summed E-state index contributed by atoms with van der Waals surface area (Å²) >= 11 is 1.56. The van der Waals surface area contributed by atoms with Crippen molar-refractivity contribution in [3.63, 3.8) is 0 Å². The van der Waals surface area contributed by atoms with Gasteiger partial charge in [-0.25, -0.2) is 9.59 Å². The van der Waals surface area contributed by atoms with Crippen molar-refractivity contribution in [3.05, 3.63) is 0 Å². The molecule has 6 nitrogen and oxygen atoms in total. The molecule has 1 fully saturated rings. The van der Waals surface area contributed by atoms with Crippen molar-refractivity contribution in [1.29, 1.82) is 0 Å². The summed E-state index contributed by atoms with van der Waals surface area (Å²) in [4.78, 5) is 24.4. The van der Waals surface area contributed by atoms with Crippen LogP contribution in [-0.4, -0.2) is 66.4 Å². The van der Waals surface area contributed by atoms with Crippen LogP contribution in [0.5, 0.6) is 0 Å². The molecular formula is C11H20N2O4S. The second-order valence-electron chi connectivity index (χ2n) is 4.37. The maximum atomic E-state index is 11.9. The van der Waals surface area contributed by atoms with Crippen LogP contribution in [0.4, 0.5) is 4.79 Å². The molecule has 2 N–H and O–H groups in total. The Morgan fingerprint density at radius 2 is 2.33 bits per heavy atom. The van der Waals surface area contributed by atoms with Gasteiger partial charge in [-0.1, -0.05) is 6.92 Å². The minimum absolute atomic E-state index is 0.210. The molecule has 1 rings (SSSR count). The number of nitrogens with one attached hydrogen (secondary N) is 1. The molecule has 1 aliphatic heterocycles. The zero-order valence-corrected chi connectivity index (χ0v) is 11.5. The van der Waals surface area contributed by atoms with Crippen LogP contribution in [-0.2, 0) is 9.53 Å². The molecule has 0 aromatic rings. The van der Waals surface area contributed by atoms with Gasteiger partial charge in [-0.15, -0.1) is 0 Å². The molecule has 1 heterocycles. The van der Waals surface area contributed by atoms with E-state index in [9.17, 15) is 9.59 Å². The second kappa shape index (κ2) is 7.48. The number of urea groups is 1. The summed E-state index contributed by atoms with van der Waals surface area (Å²) in [7, 11) is 1.61. The fraction of sp³-hybridized carbons (Fsp3) is 0.818. The molecule has 1 aliphatic rings. The predicted octanol–water partition coefficient (Wildman–Crippen LogP) is 0.480. The lowest BCUT2D eigenvalue weighted by Crippen LogP contribution is -2.54. The summed E-state index contributed by atoms with van der Waals surface area (Å²) in [6, 6.07) is -1.02. The summed E-state index contributed by atoms with van der Waals surface area (Å²) in [5.41, 5.74) is 0. The summed E-state index contributed by atoms with van der Waals surface area (Å²) < 4.78 is 4.98. The van der Waals surface area contributed by atoms with Crippen LogP contribution in [0.15, 0.2) is 0 Å². The first-order valence-corrected chi connectivity index (χ1v) is 7.05. The van der Waals surface area contributed by atoms with Gasteiger partial charge >= 0.3 is 12.0 Å². The van der Waals surface area contributed by atoms with Crippen molar-refractivity contribution in [2.45, 2.75) is 13.0 Å². The minimum atomic E-state index is -0.942. The molecule has 18 heavy (non-hydrogen) atoms. The number of aliphatic carboxylic acids is 1. The van der Waals surface area contributed by atoms with E-state index >= 15 is 0 Å². The van der Waals surface area contributed by atoms with Crippen molar-refractivity contribution in [2.24, 2.45) is 5.92 Å². The summed E-state index contributed by atoms with van der Waals surface area (Å²) in [6.45, 7) is 3.50. The van der Waals surface area contributed by atoms with E-state index in [1.807, 2.05) is 6.92 Å². The largest absolute Gasteiger partial charge is 0.480 e. The molecule has 1 saturated heterocycles. The van der Waals surface area contributed by atoms with Gasteiger partial charge in [0.05, 0.1) is 6.61 Å². The van der Waals surface area contributed by atoms with Crippen LogP contribution in [0.1, 0.15) is 6.92 Å². The van der Waals surface area contributed by atoms with E-state index in [0.717, 1.165) is 5.75 Å². The minimum Gasteiger partial charge on any atom is -0.480 e. The van der Waals surface area contributed by atoms with Gasteiger partial charge in [-0.3, -0.25) is 0 Å². The van der Waals surface area contributed by atoms with Crippen molar-refractivity contribution in [3.8, 4) is 0 Å². The van der Waals surface area contributed by atoms with Gasteiger partial charge in [-0.2, -0.15) is 11.8 Å². The molecule has 0 aliphatic carbocycles.